The van der Waals surface area contributed by atoms with Gasteiger partial charge in [-0.2, -0.15) is 5.10 Å². The Labute approximate surface area is 141 Å². The molecule has 0 spiro atoms. The topological polar surface area (TPSA) is 56.1 Å². The molecule has 0 aliphatic heterocycles. The molecule has 1 atom stereocenters. The van der Waals surface area contributed by atoms with Crippen LogP contribution in [0.5, 0.6) is 5.75 Å². The van der Waals surface area contributed by atoms with Crippen LogP contribution >= 0.6 is 11.6 Å². The van der Waals surface area contributed by atoms with Crippen LogP contribution in [0.4, 0.5) is 5.82 Å². The number of nitrogens with zero attached hydrogens (tertiary/aromatic N) is 2. The number of aromatic nitrogens is 2. The number of hydrogen-bond donors (Lipinski definition) is 1. The van der Waals surface area contributed by atoms with Crippen molar-refractivity contribution in [1.29, 1.82) is 0 Å². The first kappa shape index (κ1) is 17.3. The summed E-state index contributed by atoms with van der Waals surface area (Å²) in [6.07, 6.45) is 0. The average Bonchev–Trinajstić information content (AvgIpc) is 2.91. The number of nitrogens with one attached hydrogen (secondary N) is 1. The summed E-state index contributed by atoms with van der Waals surface area (Å²) in [5.41, 5.74) is 1.58. The van der Waals surface area contributed by atoms with E-state index < -0.39 is 5.38 Å². The SMILES string of the molecule is COc1ccc(-n2nc(C(C)(C)C)cc2NC(=O)C(C)Cl)cc1. The van der Waals surface area contributed by atoms with Crippen LogP contribution in [0, 0.1) is 0 Å². The zero-order chi connectivity index (χ0) is 17.2. The molecule has 0 saturated carbocycles. The van der Waals surface area contributed by atoms with Gasteiger partial charge in [0.2, 0.25) is 5.91 Å². The molecule has 1 unspecified atom stereocenters. The highest BCUT2D eigenvalue weighted by atomic mass is 35.5. The lowest BCUT2D eigenvalue weighted by Crippen LogP contribution is -2.22. The molecule has 23 heavy (non-hydrogen) atoms. The summed E-state index contributed by atoms with van der Waals surface area (Å²) in [4.78, 5) is 12.0. The number of carbonyl (C=O) groups excluding carboxylic acids is 1. The molecule has 0 fully saturated rings. The first-order chi connectivity index (χ1) is 10.7. The predicted octanol–water partition coefficient (Wildman–Crippen LogP) is 3.74. The predicted molar refractivity (Wildman–Crippen MR) is 92.8 cm³/mol. The number of ether oxygens (including phenoxy) is 1. The Bertz CT molecular complexity index is 685. The molecule has 2 rings (SSSR count). The fourth-order valence-electron chi connectivity index (χ4n) is 1.98. The molecule has 1 heterocycles. The van der Waals surface area contributed by atoms with Crippen molar-refractivity contribution in [2.24, 2.45) is 0 Å². The van der Waals surface area contributed by atoms with Gasteiger partial charge in [0.25, 0.3) is 0 Å². The van der Waals surface area contributed by atoms with E-state index in [9.17, 15) is 4.79 Å². The van der Waals surface area contributed by atoms with Crippen molar-refractivity contribution in [3.63, 3.8) is 0 Å². The third-order valence-electron chi connectivity index (χ3n) is 3.41. The molecular weight excluding hydrogens is 314 g/mol. The smallest absolute Gasteiger partial charge is 0.243 e. The van der Waals surface area contributed by atoms with Crippen LogP contribution in [0.2, 0.25) is 0 Å². The van der Waals surface area contributed by atoms with Crippen LogP contribution in [-0.4, -0.2) is 28.2 Å². The summed E-state index contributed by atoms with van der Waals surface area (Å²) in [5.74, 6) is 1.09. The quantitative estimate of drug-likeness (QED) is 0.866. The minimum absolute atomic E-state index is 0.135. The van der Waals surface area contributed by atoms with Gasteiger partial charge in [0.15, 0.2) is 0 Å². The number of amides is 1. The molecular formula is C17H22ClN3O2. The fourth-order valence-corrected chi connectivity index (χ4v) is 2.04. The van der Waals surface area contributed by atoms with E-state index in [1.54, 1.807) is 18.7 Å². The first-order valence-electron chi connectivity index (χ1n) is 7.42. The van der Waals surface area contributed by atoms with Gasteiger partial charge in [-0.3, -0.25) is 4.79 Å². The van der Waals surface area contributed by atoms with Gasteiger partial charge in [-0.1, -0.05) is 20.8 Å². The van der Waals surface area contributed by atoms with Crippen molar-refractivity contribution in [3.05, 3.63) is 36.0 Å². The van der Waals surface area contributed by atoms with Gasteiger partial charge in [-0.25, -0.2) is 4.68 Å². The summed E-state index contributed by atoms with van der Waals surface area (Å²) in [7, 11) is 1.62. The van der Waals surface area contributed by atoms with Crippen LogP contribution in [0.15, 0.2) is 30.3 Å². The second kappa shape index (κ2) is 6.62. The van der Waals surface area contributed by atoms with Crippen molar-refractivity contribution in [2.75, 3.05) is 12.4 Å². The van der Waals surface area contributed by atoms with Crippen molar-refractivity contribution in [1.82, 2.24) is 9.78 Å². The lowest BCUT2D eigenvalue weighted by molar-refractivity contribution is -0.115. The Balaban J connectivity index is 2.46. The Morgan fingerprint density at radius 1 is 1.30 bits per heavy atom. The van der Waals surface area contributed by atoms with Gasteiger partial charge in [-0.15, -0.1) is 11.6 Å². The molecule has 1 amide bonds. The molecule has 0 saturated heterocycles. The van der Waals surface area contributed by atoms with Crippen LogP contribution in [-0.2, 0) is 10.2 Å². The van der Waals surface area contributed by atoms with E-state index in [0.717, 1.165) is 17.1 Å². The van der Waals surface area contributed by atoms with Gasteiger partial charge in [0.05, 0.1) is 18.5 Å². The van der Waals surface area contributed by atoms with Gasteiger partial charge >= 0.3 is 0 Å². The molecule has 1 N–H and O–H groups in total. The number of carbonyl (C=O) groups is 1. The van der Waals surface area contributed by atoms with Crippen LogP contribution < -0.4 is 10.1 Å². The molecule has 6 heteroatoms. The minimum Gasteiger partial charge on any atom is -0.497 e. The van der Waals surface area contributed by atoms with Crippen LogP contribution in [0.3, 0.4) is 0 Å². The van der Waals surface area contributed by atoms with Gasteiger partial charge in [-0.05, 0) is 31.2 Å². The van der Waals surface area contributed by atoms with Crippen LogP contribution in [0.25, 0.3) is 5.69 Å². The van der Waals surface area contributed by atoms with E-state index >= 15 is 0 Å². The number of benzene rings is 1. The zero-order valence-electron chi connectivity index (χ0n) is 14.1. The largest absolute Gasteiger partial charge is 0.497 e. The molecule has 1 aromatic heterocycles. The monoisotopic (exact) mass is 335 g/mol. The van der Waals surface area contributed by atoms with E-state index in [2.05, 4.69) is 31.2 Å². The number of anilines is 1. The average molecular weight is 336 g/mol. The lowest BCUT2D eigenvalue weighted by atomic mass is 9.92. The molecule has 0 aliphatic carbocycles. The normalized spacial score (nSPS) is 12.8. The van der Waals surface area contributed by atoms with E-state index in [-0.39, 0.29) is 11.3 Å². The second-order valence-corrected chi connectivity index (χ2v) is 7.03. The third-order valence-corrected chi connectivity index (χ3v) is 3.61. The molecule has 0 radical (unpaired) electrons. The maximum atomic E-state index is 12.0. The highest BCUT2D eigenvalue weighted by Crippen LogP contribution is 2.27. The molecule has 5 nitrogen and oxygen atoms in total. The van der Waals surface area contributed by atoms with E-state index in [1.807, 2.05) is 30.3 Å². The van der Waals surface area contributed by atoms with Gasteiger partial charge < -0.3 is 10.1 Å². The Kier molecular flexibility index (Phi) is 5.00. The summed E-state index contributed by atoms with van der Waals surface area (Å²) < 4.78 is 6.88. The summed E-state index contributed by atoms with van der Waals surface area (Å²) >= 11 is 5.85. The van der Waals surface area contributed by atoms with E-state index in [1.165, 1.54) is 0 Å². The molecule has 0 bridgehead atoms. The van der Waals surface area contributed by atoms with Crippen molar-refractivity contribution < 1.29 is 9.53 Å². The number of hydrogen-bond acceptors (Lipinski definition) is 3. The highest BCUT2D eigenvalue weighted by molar-refractivity contribution is 6.32. The number of rotatable bonds is 4. The maximum Gasteiger partial charge on any atom is 0.243 e. The fraction of sp³-hybridized carbons (Fsp3) is 0.412. The van der Waals surface area contributed by atoms with Crippen molar-refractivity contribution in [2.45, 2.75) is 38.5 Å². The van der Waals surface area contributed by atoms with Crippen LogP contribution in [0.1, 0.15) is 33.4 Å². The number of halogens is 1. The Hall–Kier alpha value is -2.01. The molecule has 124 valence electrons. The van der Waals surface area contributed by atoms with Gasteiger partial charge in [0.1, 0.15) is 16.9 Å². The molecule has 1 aromatic carbocycles. The standard InChI is InChI=1S/C17H22ClN3O2/c1-11(18)16(22)19-15-10-14(17(2,3)4)20-21(15)12-6-8-13(23-5)9-7-12/h6-11H,1-5H3,(H,19,22). The van der Waals surface area contributed by atoms with Crippen molar-refractivity contribution >= 4 is 23.3 Å². The maximum absolute atomic E-state index is 12.0. The number of alkyl halides is 1. The molecule has 0 aliphatic rings. The Morgan fingerprint density at radius 3 is 2.39 bits per heavy atom. The summed E-state index contributed by atoms with van der Waals surface area (Å²) in [6, 6.07) is 9.35. The van der Waals surface area contributed by atoms with Gasteiger partial charge in [0, 0.05) is 11.5 Å². The third kappa shape index (κ3) is 4.05. The van der Waals surface area contributed by atoms with E-state index in [4.69, 9.17) is 16.3 Å². The minimum atomic E-state index is -0.618. The lowest BCUT2D eigenvalue weighted by Gasteiger charge is -2.14. The number of methoxy groups -OCH3 is 1. The molecule has 2 aromatic rings. The first-order valence-corrected chi connectivity index (χ1v) is 7.86. The summed E-state index contributed by atoms with van der Waals surface area (Å²) in [5, 5.41) is 6.85. The van der Waals surface area contributed by atoms with E-state index in [0.29, 0.717) is 5.82 Å². The van der Waals surface area contributed by atoms with Crippen molar-refractivity contribution in [3.8, 4) is 11.4 Å². The second-order valence-electron chi connectivity index (χ2n) is 6.38. The Morgan fingerprint density at radius 2 is 1.91 bits per heavy atom. The summed E-state index contributed by atoms with van der Waals surface area (Å²) in [6.45, 7) is 7.85. The highest BCUT2D eigenvalue weighted by Gasteiger charge is 2.22. The zero-order valence-corrected chi connectivity index (χ0v) is 14.8.